The number of imidazole rings is 1. The number of phenolic OH excluding ortho intramolecular Hbond substituents is 1. The van der Waals surface area contributed by atoms with Gasteiger partial charge in [-0.2, -0.15) is 0 Å². The lowest BCUT2D eigenvalue weighted by Crippen LogP contribution is -1.92. The van der Waals surface area contributed by atoms with Crippen LogP contribution < -0.4 is 5.73 Å². The van der Waals surface area contributed by atoms with Crippen LogP contribution in [-0.4, -0.2) is 14.7 Å². The van der Waals surface area contributed by atoms with Gasteiger partial charge in [0.1, 0.15) is 12.1 Å². The molecular formula is C13H11N3O. The maximum Gasteiger partial charge on any atom is 0.117 e. The molecule has 84 valence electrons. The van der Waals surface area contributed by atoms with Crippen LogP contribution in [0, 0.1) is 0 Å². The zero-order valence-electron chi connectivity index (χ0n) is 9.04. The molecular weight excluding hydrogens is 214 g/mol. The van der Waals surface area contributed by atoms with Crippen LogP contribution in [0.4, 0.5) is 5.69 Å². The highest BCUT2D eigenvalue weighted by molar-refractivity contribution is 5.78. The van der Waals surface area contributed by atoms with E-state index in [0.717, 1.165) is 22.4 Å². The number of aromatic hydroxyl groups is 1. The third kappa shape index (κ3) is 1.59. The summed E-state index contributed by atoms with van der Waals surface area (Å²) >= 11 is 0. The minimum absolute atomic E-state index is 0.222. The predicted octanol–water partition coefficient (Wildman–Crippen LogP) is 2.31. The average Bonchev–Trinajstić information content (AvgIpc) is 2.73. The summed E-state index contributed by atoms with van der Waals surface area (Å²) < 4.78 is 1.95. The summed E-state index contributed by atoms with van der Waals surface area (Å²) in [6, 6.07) is 12.7. The average molecular weight is 225 g/mol. The Hall–Kier alpha value is -2.49. The summed E-state index contributed by atoms with van der Waals surface area (Å²) in [5.41, 5.74) is 9.10. The second-order valence-corrected chi connectivity index (χ2v) is 3.88. The Balaban J connectivity index is 2.21. The lowest BCUT2D eigenvalue weighted by Gasteiger charge is -2.04. The summed E-state index contributed by atoms with van der Waals surface area (Å²) in [6.07, 6.45) is 1.73. The van der Waals surface area contributed by atoms with Gasteiger partial charge >= 0.3 is 0 Å². The Kier molecular flexibility index (Phi) is 2.01. The molecule has 3 aromatic rings. The molecule has 0 saturated carbocycles. The maximum atomic E-state index is 9.38. The van der Waals surface area contributed by atoms with Gasteiger partial charge in [0.25, 0.3) is 0 Å². The second-order valence-electron chi connectivity index (χ2n) is 3.88. The molecule has 3 N–H and O–H groups in total. The van der Waals surface area contributed by atoms with Gasteiger partial charge in [-0.05, 0) is 36.4 Å². The topological polar surface area (TPSA) is 64.1 Å². The van der Waals surface area contributed by atoms with Crippen molar-refractivity contribution in [2.45, 2.75) is 0 Å². The number of nitrogens with two attached hydrogens (primary N) is 1. The highest BCUT2D eigenvalue weighted by atomic mass is 16.3. The molecule has 2 aromatic carbocycles. The molecule has 0 amide bonds. The van der Waals surface area contributed by atoms with E-state index in [9.17, 15) is 5.11 Å². The molecule has 0 saturated heterocycles. The second kappa shape index (κ2) is 3.52. The fraction of sp³-hybridized carbons (Fsp3) is 0. The minimum Gasteiger partial charge on any atom is -0.508 e. The van der Waals surface area contributed by atoms with Gasteiger partial charge in [-0.15, -0.1) is 0 Å². The fourth-order valence-electron chi connectivity index (χ4n) is 1.84. The molecule has 17 heavy (non-hydrogen) atoms. The van der Waals surface area contributed by atoms with Gasteiger partial charge in [-0.1, -0.05) is 0 Å². The molecule has 0 aliphatic carbocycles. The van der Waals surface area contributed by atoms with E-state index in [2.05, 4.69) is 4.98 Å². The van der Waals surface area contributed by atoms with Gasteiger partial charge in [0, 0.05) is 17.4 Å². The van der Waals surface area contributed by atoms with Gasteiger partial charge in [0.05, 0.1) is 11.0 Å². The van der Waals surface area contributed by atoms with Crippen molar-refractivity contribution in [1.29, 1.82) is 0 Å². The first-order chi connectivity index (χ1) is 8.24. The molecule has 0 atom stereocenters. The summed E-state index contributed by atoms with van der Waals surface area (Å²) in [7, 11) is 0. The molecule has 0 radical (unpaired) electrons. The Morgan fingerprint density at radius 2 is 1.82 bits per heavy atom. The minimum atomic E-state index is 0.222. The summed E-state index contributed by atoms with van der Waals surface area (Å²) in [6.45, 7) is 0. The number of nitrogen functional groups attached to an aromatic ring is 1. The Morgan fingerprint density at radius 3 is 2.59 bits per heavy atom. The van der Waals surface area contributed by atoms with Crippen LogP contribution in [-0.2, 0) is 0 Å². The maximum absolute atomic E-state index is 9.38. The van der Waals surface area contributed by atoms with E-state index < -0.39 is 0 Å². The fourth-order valence-corrected chi connectivity index (χ4v) is 1.84. The largest absolute Gasteiger partial charge is 0.508 e. The molecule has 0 aliphatic rings. The zero-order valence-corrected chi connectivity index (χ0v) is 9.04. The molecule has 0 fully saturated rings. The van der Waals surface area contributed by atoms with Crippen molar-refractivity contribution in [3.8, 4) is 11.4 Å². The number of hydrogen-bond acceptors (Lipinski definition) is 3. The van der Waals surface area contributed by atoms with Crippen molar-refractivity contribution in [2.75, 3.05) is 5.73 Å². The Bertz CT molecular complexity index is 671. The zero-order chi connectivity index (χ0) is 11.8. The van der Waals surface area contributed by atoms with Crippen LogP contribution in [0.25, 0.3) is 16.7 Å². The van der Waals surface area contributed by atoms with Crippen LogP contribution >= 0.6 is 0 Å². The van der Waals surface area contributed by atoms with E-state index >= 15 is 0 Å². The highest BCUT2D eigenvalue weighted by Crippen LogP contribution is 2.22. The Morgan fingerprint density at radius 1 is 1.06 bits per heavy atom. The molecule has 1 heterocycles. The first-order valence-electron chi connectivity index (χ1n) is 5.26. The lowest BCUT2D eigenvalue weighted by molar-refractivity contribution is 0.476. The van der Waals surface area contributed by atoms with Crippen molar-refractivity contribution in [1.82, 2.24) is 9.55 Å². The van der Waals surface area contributed by atoms with Gasteiger partial charge in [-0.25, -0.2) is 4.98 Å². The van der Waals surface area contributed by atoms with E-state index in [-0.39, 0.29) is 5.75 Å². The summed E-state index contributed by atoms with van der Waals surface area (Å²) in [5, 5.41) is 9.38. The van der Waals surface area contributed by atoms with Crippen LogP contribution in [0.1, 0.15) is 0 Å². The quantitative estimate of drug-likeness (QED) is 0.624. The van der Waals surface area contributed by atoms with Crippen molar-refractivity contribution in [3.63, 3.8) is 0 Å². The number of fused-ring (bicyclic) bond motifs is 1. The summed E-state index contributed by atoms with van der Waals surface area (Å²) in [5.74, 6) is 0.222. The van der Waals surface area contributed by atoms with E-state index in [4.69, 9.17) is 5.73 Å². The molecule has 0 unspecified atom stereocenters. The van der Waals surface area contributed by atoms with Crippen molar-refractivity contribution < 1.29 is 5.11 Å². The van der Waals surface area contributed by atoms with Crippen LogP contribution in [0.2, 0.25) is 0 Å². The number of rotatable bonds is 1. The van der Waals surface area contributed by atoms with Crippen LogP contribution in [0.5, 0.6) is 5.75 Å². The van der Waals surface area contributed by atoms with Gasteiger partial charge in [0.15, 0.2) is 0 Å². The summed E-state index contributed by atoms with van der Waals surface area (Å²) in [4.78, 5) is 4.25. The highest BCUT2D eigenvalue weighted by Gasteiger charge is 2.04. The van der Waals surface area contributed by atoms with Crippen LogP contribution in [0.15, 0.2) is 48.8 Å². The third-order valence-electron chi connectivity index (χ3n) is 2.70. The van der Waals surface area contributed by atoms with E-state index in [0.29, 0.717) is 0 Å². The molecule has 0 spiro atoms. The lowest BCUT2D eigenvalue weighted by atomic mass is 10.2. The van der Waals surface area contributed by atoms with Crippen molar-refractivity contribution in [2.24, 2.45) is 0 Å². The van der Waals surface area contributed by atoms with Gasteiger partial charge in [0.2, 0.25) is 0 Å². The number of nitrogens with zero attached hydrogens (tertiary/aromatic N) is 2. The molecule has 0 bridgehead atoms. The molecule has 3 rings (SSSR count). The standard InChI is InChI=1S/C13H11N3O/c14-9-1-3-10(4-2-9)16-8-15-12-7-11(17)5-6-13(12)16/h1-8,17H,14H2. The van der Waals surface area contributed by atoms with E-state index in [1.807, 2.05) is 34.9 Å². The smallest absolute Gasteiger partial charge is 0.117 e. The predicted molar refractivity (Wildman–Crippen MR) is 67.1 cm³/mol. The first kappa shape index (κ1) is 9.72. The number of hydrogen-bond donors (Lipinski definition) is 2. The SMILES string of the molecule is Nc1ccc(-n2cnc3cc(O)ccc32)cc1. The number of phenols is 1. The molecule has 4 nitrogen and oxygen atoms in total. The van der Waals surface area contributed by atoms with Crippen molar-refractivity contribution >= 4 is 16.7 Å². The van der Waals surface area contributed by atoms with Crippen molar-refractivity contribution in [3.05, 3.63) is 48.8 Å². The van der Waals surface area contributed by atoms with Gasteiger partial charge < -0.3 is 10.8 Å². The first-order valence-corrected chi connectivity index (χ1v) is 5.26. The molecule has 1 aromatic heterocycles. The monoisotopic (exact) mass is 225 g/mol. The molecule has 4 heteroatoms. The number of anilines is 1. The third-order valence-corrected chi connectivity index (χ3v) is 2.70. The molecule has 0 aliphatic heterocycles. The van der Waals surface area contributed by atoms with E-state index in [1.165, 1.54) is 0 Å². The Labute approximate surface area is 97.9 Å². The number of aromatic nitrogens is 2. The number of benzene rings is 2. The van der Waals surface area contributed by atoms with Crippen LogP contribution in [0.3, 0.4) is 0 Å². The van der Waals surface area contributed by atoms with Gasteiger partial charge in [-0.3, -0.25) is 4.57 Å². The van der Waals surface area contributed by atoms with E-state index in [1.54, 1.807) is 18.5 Å². The normalized spacial score (nSPS) is 10.8.